The zero-order chi connectivity index (χ0) is 17.0. The monoisotopic (exact) mass is 353 g/mol. The van der Waals surface area contributed by atoms with Crippen LogP contribution in [0.25, 0.3) is 0 Å². The lowest BCUT2D eigenvalue weighted by Crippen LogP contribution is -2.51. The summed E-state index contributed by atoms with van der Waals surface area (Å²) in [5, 5.41) is 2.92. The summed E-state index contributed by atoms with van der Waals surface area (Å²) in [6, 6.07) is 7.41. The molecule has 6 heteroatoms. The lowest BCUT2D eigenvalue weighted by molar-refractivity contribution is -0.134. The molecule has 1 aliphatic rings. The van der Waals surface area contributed by atoms with E-state index in [1.54, 1.807) is 4.90 Å². The number of anilines is 1. The highest BCUT2D eigenvalue weighted by Gasteiger charge is 2.39. The van der Waals surface area contributed by atoms with E-state index in [4.69, 9.17) is 5.73 Å². The van der Waals surface area contributed by atoms with Gasteiger partial charge in [0, 0.05) is 18.8 Å². The number of carbonyl (C=O) groups is 2. The zero-order valence-corrected chi connectivity index (χ0v) is 15.5. The van der Waals surface area contributed by atoms with Crippen LogP contribution < -0.4 is 16.0 Å². The van der Waals surface area contributed by atoms with E-state index in [0.717, 1.165) is 11.3 Å². The Morgan fingerprint density at radius 1 is 1.29 bits per heavy atom. The number of halogens is 1. The van der Waals surface area contributed by atoms with Crippen molar-refractivity contribution in [1.82, 2.24) is 5.32 Å². The molecule has 0 spiro atoms. The van der Waals surface area contributed by atoms with Gasteiger partial charge in [-0.05, 0) is 38.3 Å². The van der Waals surface area contributed by atoms with E-state index in [1.165, 1.54) is 0 Å². The minimum absolute atomic E-state index is 0. The third-order valence-corrected chi connectivity index (χ3v) is 5.08. The number of amides is 2. The molecule has 0 radical (unpaired) electrons. The van der Waals surface area contributed by atoms with Crippen LogP contribution in [0.2, 0.25) is 0 Å². The number of nitrogens with two attached hydrogens (primary N) is 1. The van der Waals surface area contributed by atoms with Crippen LogP contribution >= 0.6 is 12.4 Å². The van der Waals surface area contributed by atoms with E-state index >= 15 is 0 Å². The second kappa shape index (κ2) is 8.49. The molecule has 5 nitrogen and oxygen atoms in total. The third kappa shape index (κ3) is 3.90. The van der Waals surface area contributed by atoms with E-state index in [2.05, 4.69) is 5.32 Å². The molecule has 1 heterocycles. The molecule has 1 fully saturated rings. The molecule has 1 unspecified atom stereocenters. The van der Waals surface area contributed by atoms with Gasteiger partial charge in [0.05, 0.1) is 5.41 Å². The average Bonchev–Trinajstić information content (AvgIpc) is 2.91. The van der Waals surface area contributed by atoms with Crippen LogP contribution in [-0.4, -0.2) is 30.9 Å². The number of nitrogens with one attached hydrogen (secondary N) is 1. The number of carbonyl (C=O) groups excluding carboxylic acids is 2. The number of nitrogens with zero attached hydrogens (tertiary/aromatic N) is 1. The van der Waals surface area contributed by atoms with E-state index in [9.17, 15) is 9.59 Å². The van der Waals surface area contributed by atoms with Crippen molar-refractivity contribution >= 4 is 29.9 Å². The molecule has 2 amide bonds. The highest BCUT2D eigenvalue weighted by molar-refractivity contribution is 6.01. The topological polar surface area (TPSA) is 75.4 Å². The first-order valence-corrected chi connectivity index (χ1v) is 8.36. The van der Waals surface area contributed by atoms with Gasteiger partial charge in [-0.3, -0.25) is 9.59 Å². The zero-order valence-electron chi connectivity index (χ0n) is 14.7. The molecule has 134 valence electrons. The maximum Gasteiger partial charge on any atom is 0.249 e. The molecule has 1 atom stereocenters. The summed E-state index contributed by atoms with van der Waals surface area (Å²) < 4.78 is 0. The Kier molecular flexibility index (Phi) is 7.24. The number of aryl methyl sites for hydroxylation is 1. The summed E-state index contributed by atoms with van der Waals surface area (Å²) in [6.45, 7) is 6.87. The molecule has 0 aliphatic carbocycles. The standard InChI is InChI=1S/C18H27N3O2.ClH/c1-4-18(5-2,12-19)17(23)20-15-10-11-21(16(15)22)14-8-6-13(3)7-9-14;/h6-9,15H,4-5,10-12,19H2,1-3H3,(H,20,23);1H. The Hall–Kier alpha value is -1.59. The Balaban J connectivity index is 0.00000288. The van der Waals surface area contributed by atoms with Crippen molar-refractivity contribution in [3.63, 3.8) is 0 Å². The molecular formula is C18H28ClN3O2. The first-order chi connectivity index (χ1) is 11.0. The molecule has 1 aromatic carbocycles. The van der Waals surface area contributed by atoms with Crippen LogP contribution in [0, 0.1) is 12.3 Å². The summed E-state index contributed by atoms with van der Waals surface area (Å²) >= 11 is 0. The fourth-order valence-electron chi connectivity index (χ4n) is 3.06. The van der Waals surface area contributed by atoms with Crippen molar-refractivity contribution in [2.75, 3.05) is 18.0 Å². The number of rotatable bonds is 6. The minimum Gasteiger partial charge on any atom is -0.344 e. The minimum atomic E-state index is -0.572. The van der Waals surface area contributed by atoms with Crippen LogP contribution in [0.15, 0.2) is 24.3 Å². The van der Waals surface area contributed by atoms with Gasteiger partial charge in [-0.15, -0.1) is 12.4 Å². The number of hydrogen-bond acceptors (Lipinski definition) is 3. The summed E-state index contributed by atoms with van der Waals surface area (Å²) in [6.07, 6.45) is 1.98. The SMILES string of the molecule is CCC(CC)(CN)C(=O)NC1CCN(c2ccc(C)cc2)C1=O.Cl. The third-order valence-electron chi connectivity index (χ3n) is 5.08. The van der Waals surface area contributed by atoms with Crippen molar-refractivity contribution < 1.29 is 9.59 Å². The van der Waals surface area contributed by atoms with E-state index < -0.39 is 11.5 Å². The predicted molar refractivity (Wildman–Crippen MR) is 99.4 cm³/mol. The van der Waals surface area contributed by atoms with Crippen molar-refractivity contribution in [3.05, 3.63) is 29.8 Å². The first-order valence-electron chi connectivity index (χ1n) is 8.36. The largest absolute Gasteiger partial charge is 0.344 e. The molecular weight excluding hydrogens is 326 g/mol. The lowest BCUT2D eigenvalue weighted by Gasteiger charge is -2.29. The van der Waals surface area contributed by atoms with Gasteiger partial charge in [0.2, 0.25) is 11.8 Å². The van der Waals surface area contributed by atoms with Crippen LogP contribution in [0.5, 0.6) is 0 Å². The lowest BCUT2D eigenvalue weighted by atomic mass is 9.81. The van der Waals surface area contributed by atoms with Crippen LogP contribution in [0.1, 0.15) is 38.7 Å². The molecule has 1 aliphatic heterocycles. The van der Waals surface area contributed by atoms with Gasteiger partial charge in [0.15, 0.2) is 0 Å². The molecule has 2 rings (SSSR count). The molecule has 1 saturated heterocycles. The van der Waals surface area contributed by atoms with Crippen LogP contribution in [0.3, 0.4) is 0 Å². The highest BCUT2D eigenvalue weighted by Crippen LogP contribution is 2.27. The summed E-state index contributed by atoms with van der Waals surface area (Å²) in [5.74, 6) is -0.144. The quantitative estimate of drug-likeness (QED) is 0.824. The smallest absolute Gasteiger partial charge is 0.249 e. The fourth-order valence-corrected chi connectivity index (χ4v) is 3.06. The molecule has 0 aromatic heterocycles. The number of benzene rings is 1. The van der Waals surface area contributed by atoms with Gasteiger partial charge >= 0.3 is 0 Å². The average molecular weight is 354 g/mol. The van der Waals surface area contributed by atoms with Crippen molar-refractivity contribution in [2.24, 2.45) is 11.1 Å². The summed E-state index contributed by atoms with van der Waals surface area (Å²) in [5.41, 5.74) is 7.28. The molecule has 3 N–H and O–H groups in total. The van der Waals surface area contributed by atoms with Crippen molar-refractivity contribution in [1.29, 1.82) is 0 Å². The van der Waals surface area contributed by atoms with Gasteiger partial charge in [-0.25, -0.2) is 0 Å². The van der Waals surface area contributed by atoms with Gasteiger partial charge in [-0.2, -0.15) is 0 Å². The Morgan fingerprint density at radius 3 is 2.38 bits per heavy atom. The van der Waals surface area contributed by atoms with Gasteiger partial charge in [-0.1, -0.05) is 31.5 Å². The van der Waals surface area contributed by atoms with Crippen LogP contribution in [-0.2, 0) is 9.59 Å². The van der Waals surface area contributed by atoms with Crippen molar-refractivity contribution in [3.8, 4) is 0 Å². The predicted octanol–water partition coefficient (Wildman–Crippen LogP) is 2.40. The van der Waals surface area contributed by atoms with Gasteiger partial charge in [0.25, 0.3) is 0 Å². The van der Waals surface area contributed by atoms with Crippen LogP contribution in [0.4, 0.5) is 5.69 Å². The fraction of sp³-hybridized carbons (Fsp3) is 0.556. The normalized spacial score (nSPS) is 17.6. The van der Waals surface area contributed by atoms with Gasteiger partial charge in [0.1, 0.15) is 6.04 Å². The second-order valence-corrected chi connectivity index (χ2v) is 6.33. The second-order valence-electron chi connectivity index (χ2n) is 6.33. The van der Waals surface area contributed by atoms with Crippen molar-refractivity contribution in [2.45, 2.75) is 46.1 Å². The Bertz CT molecular complexity index is 562. The maximum atomic E-state index is 12.6. The molecule has 0 bridgehead atoms. The van der Waals surface area contributed by atoms with E-state index in [1.807, 2.05) is 45.0 Å². The van der Waals surface area contributed by atoms with Gasteiger partial charge < -0.3 is 16.0 Å². The molecule has 1 aromatic rings. The maximum absolute atomic E-state index is 12.6. The molecule has 24 heavy (non-hydrogen) atoms. The summed E-state index contributed by atoms with van der Waals surface area (Å²) in [4.78, 5) is 26.9. The first kappa shape index (κ1) is 20.5. The van der Waals surface area contributed by atoms with E-state index in [0.29, 0.717) is 32.4 Å². The Morgan fingerprint density at radius 2 is 1.88 bits per heavy atom. The highest BCUT2D eigenvalue weighted by atomic mass is 35.5. The Labute approximate surface area is 150 Å². The molecule has 0 saturated carbocycles. The summed E-state index contributed by atoms with van der Waals surface area (Å²) in [7, 11) is 0. The number of hydrogen-bond donors (Lipinski definition) is 2. The van der Waals surface area contributed by atoms with E-state index in [-0.39, 0.29) is 24.2 Å².